The average Bonchev–Trinajstić information content (AvgIpc) is 2.19. The van der Waals surface area contributed by atoms with E-state index in [1.54, 1.807) is 0 Å². The van der Waals surface area contributed by atoms with Crippen LogP contribution in [0.2, 0.25) is 0 Å². The Labute approximate surface area is 86.3 Å². The summed E-state index contributed by atoms with van der Waals surface area (Å²) in [6.07, 6.45) is 0. The minimum Gasteiger partial charge on any atom is -0.378 e. The molecule has 14 heavy (non-hydrogen) atoms. The molecular weight excluding hydrogens is 173 g/mol. The van der Waals surface area contributed by atoms with Gasteiger partial charge in [0, 0.05) is 18.8 Å². The molecule has 1 fully saturated rings. The largest absolute Gasteiger partial charge is 0.378 e. The molecule has 1 aliphatic rings. The van der Waals surface area contributed by atoms with Gasteiger partial charge in [-0.15, -0.1) is 0 Å². The van der Waals surface area contributed by atoms with Gasteiger partial charge in [0.15, 0.2) is 0 Å². The third-order valence-electron chi connectivity index (χ3n) is 2.70. The second-order valence-electron chi connectivity index (χ2n) is 3.89. The molecule has 0 radical (unpaired) electrons. The van der Waals surface area contributed by atoms with Gasteiger partial charge in [0.2, 0.25) is 0 Å². The monoisotopic (exact) mass is 189 g/mol. The molecule has 2 rings (SSSR count). The fourth-order valence-corrected chi connectivity index (χ4v) is 1.96. The molecule has 0 saturated carbocycles. The van der Waals surface area contributed by atoms with Gasteiger partial charge in [-0.2, -0.15) is 0 Å². The molecule has 0 aromatic heterocycles. The van der Waals surface area contributed by atoms with Crippen molar-refractivity contribution in [3.8, 4) is 0 Å². The summed E-state index contributed by atoms with van der Waals surface area (Å²) in [6.45, 7) is 5.88. The fourth-order valence-electron chi connectivity index (χ4n) is 1.96. The van der Waals surface area contributed by atoms with E-state index in [1.165, 1.54) is 16.7 Å². The van der Waals surface area contributed by atoms with E-state index in [0.29, 0.717) is 0 Å². The van der Waals surface area contributed by atoms with Crippen LogP contribution in [0.1, 0.15) is 5.56 Å². The molecule has 0 unspecified atom stereocenters. The summed E-state index contributed by atoms with van der Waals surface area (Å²) in [5.41, 5.74) is 4.06. The highest BCUT2D eigenvalue weighted by atomic mass is 16.5. The average molecular weight is 189 g/mol. The van der Waals surface area contributed by atoms with Gasteiger partial charge in [0.05, 0.1) is 13.2 Å². The molecule has 0 aliphatic carbocycles. The number of ether oxygens (including phenoxy) is 1. The summed E-state index contributed by atoms with van der Waals surface area (Å²) in [6, 6.07) is 6.64. The van der Waals surface area contributed by atoms with Gasteiger partial charge < -0.3 is 9.64 Å². The standard InChI is InChI=1S/C11H16BNO/c1-9-2-3-11(10(12)8-9)13-4-6-14-7-5-13/h2-3,8H,4-7,12H2,1H3. The fraction of sp³-hybridized carbons (Fsp3) is 0.455. The molecule has 0 N–H and O–H groups in total. The van der Waals surface area contributed by atoms with Crippen molar-refractivity contribution in [2.45, 2.75) is 6.92 Å². The molecule has 3 heteroatoms. The number of rotatable bonds is 1. The van der Waals surface area contributed by atoms with E-state index < -0.39 is 0 Å². The van der Waals surface area contributed by atoms with Crippen LogP contribution >= 0.6 is 0 Å². The minimum absolute atomic E-state index is 0.854. The smallest absolute Gasteiger partial charge is 0.142 e. The Balaban J connectivity index is 2.22. The Morgan fingerprint density at radius 2 is 2.00 bits per heavy atom. The first-order chi connectivity index (χ1) is 6.77. The quantitative estimate of drug-likeness (QED) is 0.580. The molecule has 0 amide bonds. The first kappa shape index (κ1) is 9.59. The van der Waals surface area contributed by atoms with Gasteiger partial charge in [0.25, 0.3) is 0 Å². The van der Waals surface area contributed by atoms with Crippen LogP contribution in [-0.2, 0) is 4.74 Å². The first-order valence-corrected chi connectivity index (χ1v) is 5.17. The number of hydrogen-bond donors (Lipinski definition) is 0. The molecule has 1 heterocycles. The van der Waals surface area contributed by atoms with Crippen LogP contribution in [0.4, 0.5) is 5.69 Å². The van der Waals surface area contributed by atoms with E-state index in [4.69, 9.17) is 4.74 Å². The SMILES string of the molecule is Bc1cc(C)ccc1N1CCOCC1. The molecule has 0 spiro atoms. The highest BCUT2D eigenvalue weighted by Gasteiger charge is 2.12. The van der Waals surface area contributed by atoms with Crippen molar-refractivity contribution in [2.24, 2.45) is 0 Å². The van der Waals surface area contributed by atoms with Gasteiger partial charge in [-0.25, -0.2) is 0 Å². The number of hydrogen-bond acceptors (Lipinski definition) is 2. The number of aryl methyl sites for hydroxylation is 1. The Morgan fingerprint density at radius 3 is 2.64 bits per heavy atom. The van der Waals surface area contributed by atoms with Gasteiger partial charge in [-0.3, -0.25) is 0 Å². The van der Waals surface area contributed by atoms with Crippen LogP contribution in [0.5, 0.6) is 0 Å². The molecule has 0 bridgehead atoms. The van der Waals surface area contributed by atoms with Crippen LogP contribution in [0.3, 0.4) is 0 Å². The molecule has 74 valence electrons. The van der Waals surface area contributed by atoms with Crippen molar-refractivity contribution in [2.75, 3.05) is 31.2 Å². The first-order valence-electron chi connectivity index (χ1n) is 5.17. The van der Waals surface area contributed by atoms with Gasteiger partial charge >= 0.3 is 0 Å². The lowest BCUT2D eigenvalue weighted by atomic mass is 9.91. The molecule has 1 aromatic carbocycles. The number of benzene rings is 1. The summed E-state index contributed by atoms with van der Waals surface area (Å²) in [5.74, 6) is 0. The van der Waals surface area contributed by atoms with Gasteiger partial charge in [0.1, 0.15) is 7.85 Å². The lowest BCUT2D eigenvalue weighted by molar-refractivity contribution is 0.123. The lowest BCUT2D eigenvalue weighted by Gasteiger charge is -2.30. The topological polar surface area (TPSA) is 12.5 Å². The van der Waals surface area contributed by atoms with Gasteiger partial charge in [-0.1, -0.05) is 23.2 Å². The van der Waals surface area contributed by atoms with E-state index in [1.807, 2.05) is 0 Å². The summed E-state index contributed by atoms with van der Waals surface area (Å²) < 4.78 is 5.34. The van der Waals surface area contributed by atoms with Crippen molar-refractivity contribution in [3.63, 3.8) is 0 Å². The highest BCUT2D eigenvalue weighted by Crippen LogP contribution is 2.13. The van der Waals surface area contributed by atoms with E-state index in [0.717, 1.165) is 26.3 Å². The summed E-state index contributed by atoms with van der Waals surface area (Å²) in [4.78, 5) is 2.40. The normalized spacial score (nSPS) is 17.1. The Kier molecular flexibility index (Phi) is 2.78. The minimum atomic E-state index is 0.854. The van der Waals surface area contributed by atoms with Crippen molar-refractivity contribution >= 4 is 19.0 Å². The Bertz CT molecular complexity index is 321. The van der Waals surface area contributed by atoms with Crippen molar-refractivity contribution in [3.05, 3.63) is 23.8 Å². The van der Waals surface area contributed by atoms with E-state index in [9.17, 15) is 0 Å². The van der Waals surface area contributed by atoms with Crippen LogP contribution in [0.15, 0.2) is 18.2 Å². The maximum Gasteiger partial charge on any atom is 0.142 e. The molecular formula is C11H16BNO. The lowest BCUT2D eigenvalue weighted by Crippen LogP contribution is -2.38. The van der Waals surface area contributed by atoms with Crippen LogP contribution < -0.4 is 10.4 Å². The molecule has 0 atom stereocenters. The van der Waals surface area contributed by atoms with Crippen molar-refractivity contribution in [1.82, 2.24) is 0 Å². The zero-order valence-corrected chi connectivity index (χ0v) is 8.92. The summed E-state index contributed by atoms with van der Waals surface area (Å²) >= 11 is 0. The van der Waals surface area contributed by atoms with Gasteiger partial charge in [-0.05, 0) is 13.0 Å². The summed E-state index contributed by atoms with van der Waals surface area (Å²) in [7, 11) is 2.18. The van der Waals surface area contributed by atoms with Crippen LogP contribution in [0, 0.1) is 6.92 Å². The van der Waals surface area contributed by atoms with E-state index >= 15 is 0 Å². The maximum atomic E-state index is 5.34. The Hall–Kier alpha value is -0.955. The Morgan fingerprint density at radius 1 is 1.29 bits per heavy atom. The number of morpholine rings is 1. The van der Waals surface area contributed by atoms with Crippen LogP contribution in [0.25, 0.3) is 0 Å². The van der Waals surface area contributed by atoms with Crippen LogP contribution in [-0.4, -0.2) is 34.1 Å². The molecule has 2 nitrogen and oxygen atoms in total. The second kappa shape index (κ2) is 4.05. The maximum absolute atomic E-state index is 5.34. The molecule has 1 aliphatic heterocycles. The zero-order valence-electron chi connectivity index (χ0n) is 8.92. The summed E-state index contributed by atoms with van der Waals surface area (Å²) in [5, 5.41) is 0. The third-order valence-corrected chi connectivity index (χ3v) is 2.70. The second-order valence-corrected chi connectivity index (χ2v) is 3.89. The number of nitrogens with zero attached hydrogens (tertiary/aromatic N) is 1. The predicted molar refractivity (Wildman–Crippen MR) is 62.4 cm³/mol. The zero-order chi connectivity index (χ0) is 9.97. The number of anilines is 1. The molecule has 1 aromatic rings. The van der Waals surface area contributed by atoms with Crippen molar-refractivity contribution < 1.29 is 4.74 Å². The predicted octanol–water partition coefficient (Wildman–Crippen LogP) is 0.0900. The van der Waals surface area contributed by atoms with E-state index in [2.05, 4.69) is 37.9 Å². The molecule has 1 saturated heterocycles. The van der Waals surface area contributed by atoms with Crippen molar-refractivity contribution in [1.29, 1.82) is 0 Å². The third kappa shape index (κ3) is 1.93. The highest BCUT2D eigenvalue weighted by molar-refractivity contribution is 6.36. The van der Waals surface area contributed by atoms with E-state index in [-0.39, 0.29) is 0 Å².